The number of aryl methyl sites for hydroxylation is 1. The lowest BCUT2D eigenvalue weighted by Gasteiger charge is -2.13. The van der Waals surface area contributed by atoms with E-state index in [0.29, 0.717) is 6.54 Å². The molecule has 0 fully saturated rings. The molecule has 3 nitrogen and oxygen atoms in total. The molecule has 0 saturated carbocycles. The molecule has 0 aliphatic rings. The van der Waals surface area contributed by atoms with Gasteiger partial charge in [-0.2, -0.15) is 0 Å². The van der Waals surface area contributed by atoms with E-state index >= 15 is 0 Å². The van der Waals surface area contributed by atoms with Crippen molar-refractivity contribution in [2.75, 3.05) is 7.05 Å². The Kier molecular flexibility index (Phi) is 3.92. The van der Waals surface area contributed by atoms with Crippen LogP contribution in [-0.2, 0) is 11.3 Å². The third-order valence-electron chi connectivity index (χ3n) is 1.99. The number of rotatable bonds is 4. The summed E-state index contributed by atoms with van der Waals surface area (Å²) in [6, 6.07) is 8.15. The van der Waals surface area contributed by atoms with Gasteiger partial charge in [0.25, 0.3) is 0 Å². The molecule has 1 rings (SSSR count). The van der Waals surface area contributed by atoms with E-state index < -0.39 is 5.97 Å². The van der Waals surface area contributed by atoms with Crippen molar-refractivity contribution in [2.45, 2.75) is 13.5 Å². The van der Waals surface area contributed by atoms with Crippen LogP contribution in [0.4, 0.5) is 0 Å². The lowest BCUT2D eigenvalue weighted by atomic mass is 10.1. The summed E-state index contributed by atoms with van der Waals surface area (Å²) < 4.78 is 0. The van der Waals surface area contributed by atoms with E-state index in [1.165, 1.54) is 11.1 Å². The maximum absolute atomic E-state index is 10.3. The minimum Gasteiger partial charge on any atom is -0.478 e. The third-order valence-corrected chi connectivity index (χ3v) is 1.99. The minimum atomic E-state index is -0.925. The Balaban J connectivity index is 2.58. The molecule has 0 amide bonds. The van der Waals surface area contributed by atoms with E-state index in [4.69, 9.17) is 5.11 Å². The second-order valence-electron chi connectivity index (χ2n) is 3.56. The van der Waals surface area contributed by atoms with Gasteiger partial charge in [-0.1, -0.05) is 29.8 Å². The summed E-state index contributed by atoms with van der Waals surface area (Å²) in [5.41, 5.74) is 2.38. The quantitative estimate of drug-likeness (QED) is 0.764. The smallest absolute Gasteiger partial charge is 0.329 e. The fraction of sp³-hybridized carbons (Fsp3) is 0.250. The fourth-order valence-corrected chi connectivity index (χ4v) is 1.34. The van der Waals surface area contributed by atoms with Crippen LogP contribution < -0.4 is 0 Å². The number of carbonyl (C=O) groups is 1. The summed E-state index contributed by atoms with van der Waals surface area (Å²) in [6.45, 7) is 2.75. The Morgan fingerprint density at radius 3 is 2.87 bits per heavy atom. The average Bonchev–Trinajstić information content (AvgIpc) is 2.15. The second kappa shape index (κ2) is 5.20. The molecule has 0 radical (unpaired) electrons. The monoisotopic (exact) mass is 205 g/mol. The molecule has 0 aliphatic heterocycles. The summed E-state index contributed by atoms with van der Waals surface area (Å²) in [7, 11) is 1.85. The topological polar surface area (TPSA) is 40.5 Å². The van der Waals surface area contributed by atoms with Crippen LogP contribution in [0.2, 0.25) is 0 Å². The number of carboxylic acids is 1. The molecule has 15 heavy (non-hydrogen) atoms. The Morgan fingerprint density at radius 1 is 1.53 bits per heavy atom. The highest BCUT2D eigenvalue weighted by Gasteiger charge is 1.96. The van der Waals surface area contributed by atoms with Crippen LogP contribution in [0.3, 0.4) is 0 Å². The number of aliphatic carboxylic acids is 1. The van der Waals surface area contributed by atoms with Crippen LogP contribution >= 0.6 is 0 Å². The van der Waals surface area contributed by atoms with Crippen molar-refractivity contribution in [3.63, 3.8) is 0 Å². The third kappa shape index (κ3) is 4.31. The molecule has 1 aromatic carbocycles. The maximum Gasteiger partial charge on any atom is 0.329 e. The molecule has 0 aliphatic carbocycles. The standard InChI is InChI=1S/C12H15NO2/c1-10-4-3-5-11(8-10)9-13(2)7-6-12(14)15/h3-8H,9H2,1-2H3,(H,14,15). The zero-order valence-electron chi connectivity index (χ0n) is 8.97. The molecule has 80 valence electrons. The number of carboxylic acid groups (broad SMARTS) is 1. The average molecular weight is 205 g/mol. The van der Waals surface area contributed by atoms with Crippen molar-refractivity contribution >= 4 is 5.97 Å². The highest BCUT2D eigenvalue weighted by Crippen LogP contribution is 2.06. The highest BCUT2D eigenvalue weighted by molar-refractivity contribution is 5.79. The molecule has 0 saturated heterocycles. The molecule has 0 atom stereocenters. The van der Waals surface area contributed by atoms with E-state index in [9.17, 15) is 4.79 Å². The van der Waals surface area contributed by atoms with Gasteiger partial charge in [0.2, 0.25) is 0 Å². The van der Waals surface area contributed by atoms with Gasteiger partial charge in [0.05, 0.1) is 0 Å². The van der Waals surface area contributed by atoms with Crippen LogP contribution in [0.1, 0.15) is 11.1 Å². The van der Waals surface area contributed by atoms with E-state index in [0.717, 1.165) is 6.08 Å². The van der Waals surface area contributed by atoms with Crippen molar-refractivity contribution in [2.24, 2.45) is 0 Å². The van der Waals surface area contributed by atoms with Gasteiger partial charge < -0.3 is 10.0 Å². The molecule has 3 heteroatoms. The van der Waals surface area contributed by atoms with Crippen LogP contribution in [0.15, 0.2) is 36.5 Å². The summed E-state index contributed by atoms with van der Waals surface area (Å²) >= 11 is 0. The Bertz CT molecular complexity index is 372. The maximum atomic E-state index is 10.3. The van der Waals surface area contributed by atoms with Crippen molar-refractivity contribution in [1.29, 1.82) is 0 Å². The number of hydrogen-bond donors (Lipinski definition) is 1. The van der Waals surface area contributed by atoms with Gasteiger partial charge in [-0.25, -0.2) is 4.79 Å². The first-order chi connectivity index (χ1) is 7.08. The van der Waals surface area contributed by atoms with E-state index in [2.05, 4.69) is 6.07 Å². The van der Waals surface area contributed by atoms with Crippen LogP contribution in [0.25, 0.3) is 0 Å². The largest absolute Gasteiger partial charge is 0.478 e. The van der Waals surface area contributed by atoms with Gasteiger partial charge in [-0.15, -0.1) is 0 Å². The van der Waals surface area contributed by atoms with Crippen LogP contribution in [0.5, 0.6) is 0 Å². The van der Waals surface area contributed by atoms with Gasteiger partial charge in [-0.3, -0.25) is 0 Å². The van der Waals surface area contributed by atoms with Crippen molar-refractivity contribution in [3.05, 3.63) is 47.7 Å². The van der Waals surface area contributed by atoms with E-state index in [-0.39, 0.29) is 0 Å². The molecule has 0 aromatic heterocycles. The zero-order chi connectivity index (χ0) is 11.3. The summed E-state index contributed by atoms with van der Waals surface area (Å²) in [6.07, 6.45) is 2.69. The Morgan fingerprint density at radius 2 is 2.27 bits per heavy atom. The first-order valence-electron chi connectivity index (χ1n) is 4.75. The molecule has 1 N–H and O–H groups in total. The summed E-state index contributed by atoms with van der Waals surface area (Å²) in [4.78, 5) is 12.1. The van der Waals surface area contributed by atoms with Crippen molar-refractivity contribution < 1.29 is 9.90 Å². The Labute approximate surface area is 89.6 Å². The van der Waals surface area contributed by atoms with E-state index in [1.807, 2.05) is 37.1 Å². The lowest BCUT2D eigenvalue weighted by Crippen LogP contribution is -2.10. The first-order valence-corrected chi connectivity index (χ1v) is 4.75. The van der Waals surface area contributed by atoms with E-state index in [1.54, 1.807) is 6.20 Å². The molecular weight excluding hydrogens is 190 g/mol. The normalized spacial score (nSPS) is 10.5. The number of nitrogens with zero attached hydrogens (tertiary/aromatic N) is 1. The summed E-state index contributed by atoms with van der Waals surface area (Å²) in [5, 5.41) is 8.46. The second-order valence-corrected chi connectivity index (χ2v) is 3.56. The van der Waals surface area contributed by atoms with Crippen molar-refractivity contribution in [1.82, 2.24) is 4.90 Å². The van der Waals surface area contributed by atoms with Gasteiger partial charge in [0.1, 0.15) is 0 Å². The molecule has 0 heterocycles. The molecule has 0 unspecified atom stereocenters. The van der Waals surface area contributed by atoms with Crippen molar-refractivity contribution in [3.8, 4) is 0 Å². The van der Waals surface area contributed by atoms with Crippen LogP contribution in [0, 0.1) is 6.92 Å². The van der Waals surface area contributed by atoms with Gasteiger partial charge in [-0.05, 0) is 12.5 Å². The Hall–Kier alpha value is -1.77. The number of hydrogen-bond acceptors (Lipinski definition) is 2. The molecule has 1 aromatic rings. The van der Waals surface area contributed by atoms with Gasteiger partial charge in [0.15, 0.2) is 0 Å². The number of benzene rings is 1. The predicted octanol–water partition coefficient (Wildman–Crippen LogP) is 2.03. The lowest BCUT2D eigenvalue weighted by molar-refractivity contribution is -0.131. The zero-order valence-corrected chi connectivity index (χ0v) is 8.97. The SMILES string of the molecule is Cc1cccc(CN(C)C=CC(=O)O)c1. The van der Waals surface area contributed by atoms with Crippen LogP contribution in [-0.4, -0.2) is 23.0 Å². The fourth-order valence-electron chi connectivity index (χ4n) is 1.34. The first kappa shape index (κ1) is 11.3. The minimum absolute atomic E-state index is 0.714. The summed E-state index contributed by atoms with van der Waals surface area (Å²) in [5.74, 6) is -0.925. The van der Waals surface area contributed by atoms with Gasteiger partial charge >= 0.3 is 5.97 Å². The molecule has 0 spiro atoms. The van der Waals surface area contributed by atoms with Gasteiger partial charge in [0, 0.05) is 25.9 Å². The molecule has 0 bridgehead atoms. The highest BCUT2D eigenvalue weighted by atomic mass is 16.4. The predicted molar refractivity (Wildman–Crippen MR) is 59.4 cm³/mol. The molecular formula is C12H15NO2.